The van der Waals surface area contributed by atoms with E-state index in [2.05, 4.69) is 0 Å². The molecule has 32 heavy (non-hydrogen) atoms. The van der Waals surface area contributed by atoms with E-state index in [-0.39, 0.29) is 11.8 Å². The summed E-state index contributed by atoms with van der Waals surface area (Å²) in [5.74, 6) is -2.60. The van der Waals surface area contributed by atoms with Crippen molar-refractivity contribution in [2.24, 2.45) is 11.8 Å². The van der Waals surface area contributed by atoms with Crippen LogP contribution in [0.3, 0.4) is 0 Å². The molecular formula is C26H20N2O4. The second kappa shape index (κ2) is 6.79. The van der Waals surface area contributed by atoms with Crippen molar-refractivity contribution < 1.29 is 19.1 Å². The Kier molecular flexibility index (Phi) is 3.99. The molecule has 0 bridgehead atoms. The molecule has 0 unspecified atom stereocenters. The average molecular weight is 424 g/mol. The number of anilines is 1. The van der Waals surface area contributed by atoms with Crippen molar-refractivity contribution in [1.82, 2.24) is 4.90 Å². The highest BCUT2D eigenvalue weighted by Gasteiger charge is 2.65. The second-order valence-electron chi connectivity index (χ2n) is 8.40. The summed E-state index contributed by atoms with van der Waals surface area (Å²) in [6, 6.07) is 19.9. The van der Waals surface area contributed by atoms with Crippen molar-refractivity contribution in [2.45, 2.75) is 12.1 Å². The van der Waals surface area contributed by atoms with Crippen LogP contribution < -0.4 is 4.90 Å². The van der Waals surface area contributed by atoms with Gasteiger partial charge in [0, 0.05) is 6.20 Å². The standard InChI is InChI=1S/C26H20N2O4/c1-32-26(31)23-21-20(22-19-9-5-4-7-16(19)12-13-27(22)23)24(29)28(25(21)30)18-11-10-15-6-2-3-8-17(15)14-18/h2-14,20-23H,1H3/t20-,21-,22-,23+/m1/s1. The normalized spacial score (nSPS) is 25.7. The first-order valence-electron chi connectivity index (χ1n) is 10.6. The summed E-state index contributed by atoms with van der Waals surface area (Å²) < 4.78 is 5.06. The minimum absolute atomic E-state index is 0.276. The van der Waals surface area contributed by atoms with E-state index in [1.807, 2.05) is 77.8 Å². The number of nitrogens with zero attached hydrogens (tertiary/aromatic N) is 2. The highest BCUT2D eigenvalue weighted by Crippen LogP contribution is 2.53. The van der Waals surface area contributed by atoms with Crippen LogP contribution in [0.25, 0.3) is 16.8 Å². The third-order valence-corrected chi connectivity index (χ3v) is 6.90. The number of hydrogen-bond donors (Lipinski definition) is 0. The SMILES string of the molecule is COC(=O)[C@@H]1[C@@H]2C(=O)N(c3ccc4ccccc4c3)C(=O)[C@H]2[C@H]2c3ccccc3C=CN12. The lowest BCUT2D eigenvalue weighted by molar-refractivity contribution is -0.148. The van der Waals surface area contributed by atoms with Gasteiger partial charge in [-0.1, -0.05) is 54.6 Å². The predicted octanol–water partition coefficient (Wildman–Crippen LogP) is 3.53. The van der Waals surface area contributed by atoms with Gasteiger partial charge < -0.3 is 9.64 Å². The van der Waals surface area contributed by atoms with Gasteiger partial charge in [-0.3, -0.25) is 9.59 Å². The lowest BCUT2D eigenvalue weighted by Gasteiger charge is -2.34. The van der Waals surface area contributed by atoms with Crippen LogP contribution in [0.15, 0.2) is 72.9 Å². The number of ether oxygens (including phenoxy) is 1. The van der Waals surface area contributed by atoms with Gasteiger partial charge in [0.25, 0.3) is 0 Å². The molecule has 6 nitrogen and oxygen atoms in total. The van der Waals surface area contributed by atoms with E-state index in [1.165, 1.54) is 12.0 Å². The van der Waals surface area contributed by atoms with Gasteiger partial charge >= 0.3 is 5.97 Å². The number of hydrogen-bond acceptors (Lipinski definition) is 5. The third kappa shape index (κ3) is 2.43. The van der Waals surface area contributed by atoms with Gasteiger partial charge in [0.05, 0.1) is 30.7 Å². The molecule has 2 amide bonds. The van der Waals surface area contributed by atoms with Crippen LogP contribution in [0.1, 0.15) is 17.2 Å². The molecule has 158 valence electrons. The third-order valence-electron chi connectivity index (χ3n) is 6.90. The maximum atomic E-state index is 13.8. The number of benzene rings is 3. The van der Waals surface area contributed by atoms with Crippen molar-refractivity contribution >= 4 is 40.3 Å². The summed E-state index contributed by atoms with van der Waals surface area (Å²) in [5.41, 5.74) is 2.46. The number of carbonyl (C=O) groups is 3. The van der Waals surface area contributed by atoms with Gasteiger partial charge in [-0.05, 0) is 40.1 Å². The van der Waals surface area contributed by atoms with Crippen molar-refractivity contribution in [3.05, 3.63) is 84.1 Å². The van der Waals surface area contributed by atoms with Gasteiger partial charge in [-0.2, -0.15) is 0 Å². The highest BCUT2D eigenvalue weighted by atomic mass is 16.5. The van der Waals surface area contributed by atoms with E-state index in [4.69, 9.17) is 4.74 Å². The van der Waals surface area contributed by atoms with Crippen LogP contribution in [0.5, 0.6) is 0 Å². The smallest absolute Gasteiger partial charge is 0.329 e. The molecule has 3 aliphatic rings. The van der Waals surface area contributed by atoms with Crippen LogP contribution >= 0.6 is 0 Å². The number of rotatable bonds is 2. The van der Waals surface area contributed by atoms with Crippen molar-refractivity contribution in [3.63, 3.8) is 0 Å². The fraction of sp³-hybridized carbons (Fsp3) is 0.192. The van der Waals surface area contributed by atoms with Gasteiger partial charge in [0.1, 0.15) is 6.04 Å². The summed E-state index contributed by atoms with van der Waals surface area (Å²) in [6.07, 6.45) is 3.73. The summed E-state index contributed by atoms with van der Waals surface area (Å²) in [5, 5.41) is 1.97. The second-order valence-corrected chi connectivity index (χ2v) is 8.40. The zero-order chi connectivity index (χ0) is 22.0. The Hall–Kier alpha value is -3.93. The van der Waals surface area contributed by atoms with Crippen LogP contribution in [-0.4, -0.2) is 35.8 Å². The molecule has 0 aromatic heterocycles. The Labute approximate surface area is 184 Å². The number of amides is 2. The molecule has 4 atom stereocenters. The van der Waals surface area contributed by atoms with E-state index in [1.54, 1.807) is 6.07 Å². The summed E-state index contributed by atoms with van der Waals surface area (Å²) >= 11 is 0. The van der Waals surface area contributed by atoms with E-state index < -0.39 is 29.9 Å². The Balaban J connectivity index is 1.49. The first-order chi connectivity index (χ1) is 15.6. The molecule has 0 N–H and O–H groups in total. The largest absolute Gasteiger partial charge is 0.467 e. The first-order valence-corrected chi connectivity index (χ1v) is 10.6. The molecule has 2 fully saturated rings. The van der Waals surface area contributed by atoms with Crippen LogP contribution in [0.2, 0.25) is 0 Å². The van der Waals surface area contributed by atoms with Crippen LogP contribution in [0.4, 0.5) is 5.69 Å². The molecule has 6 rings (SSSR count). The fourth-order valence-corrected chi connectivity index (χ4v) is 5.52. The predicted molar refractivity (Wildman–Crippen MR) is 119 cm³/mol. The van der Waals surface area contributed by atoms with Gasteiger partial charge in [0.15, 0.2) is 0 Å². The quantitative estimate of drug-likeness (QED) is 0.465. The fourth-order valence-electron chi connectivity index (χ4n) is 5.52. The number of fused-ring (bicyclic) bond motifs is 6. The van der Waals surface area contributed by atoms with Crippen LogP contribution in [0, 0.1) is 11.8 Å². The Bertz CT molecular complexity index is 1330. The Morgan fingerprint density at radius 2 is 1.59 bits per heavy atom. The van der Waals surface area contributed by atoms with Crippen molar-refractivity contribution in [3.8, 4) is 0 Å². The van der Waals surface area contributed by atoms with E-state index >= 15 is 0 Å². The van der Waals surface area contributed by atoms with Gasteiger partial charge in [-0.15, -0.1) is 0 Å². The molecular weight excluding hydrogens is 404 g/mol. The zero-order valence-corrected chi connectivity index (χ0v) is 17.3. The topological polar surface area (TPSA) is 66.9 Å². The number of methoxy groups -OCH3 is 1. The number of imide groups is 1. The molecule has 6 heteroatoms. The van der Waals surface area contributed by atoms with E-state index in [0.717, 1.165) is 21.9 Å². The molecule has 0 saturated carbocycles. The molecule has 3 aromatic carbocycles. The maximum Gasteiger partial charge on any atom is 0.329 e. The zero-order valence-electron chi connectivity index (χ0n) is 17.3. The highest BCUT2D eigenvalue weighted by molar-refractivity contribution is 6.24. The van der Waals surface area contributed by atoms with Gasteiger partial charge in [-0.25, -0.2) is 9.69 Å². The molecule has 2 saturated heterocycles. The molecule has 0 radical (unpaired) electrons. The van der Waals surface area contributed by atoms with Gasteiger partial charge in [0.2, 0.25) is 11.8 Å². The van der Waals surface area contributed by atoms with Crippen LogP contribution in [-0.2, 0) is 19.1 Å². The lowest BCUT2D eigenvalue weighted by Crippen LogP contribution is -2.44. The summed E-state index contributed by atoms with van der Waals surface area (Å²) in [4.78, 5) is 43.3. The van der Waals surface area contributed by atoms with Crippen molar-refractivity contribution in [1.29, 1.82) is 0 Å². The molecule has 3 heterocycles. The minimum atomic E-state index is -0.846. The lowest BCUT2D eigenvalue weighted by atomic mass is 9.84. The summed E-state index contributed by atoms with van der Waals surface area (Å²) in [6.45, 7) is 0. The Morgan fingerprint density at radius 1 is 0.875 bits per heavy atom. The molecule has 3 aromatic rings. The Morgan fingerprint density at radius 3 is 2.41 bits per heavy atom. The summed E-state index contributed by atoms with van der Waals surface area (Å²) in [7, 11) is 1.31. The monoisotopic (exact) mass is 424 g/mol. The number of carbonyl (C=O) groups excluding carboxylic acids is 3. The van der Waals surface area contributed by atoms with E-state index in [9.17, 15) is 14.4 Å². The number of esters is 1. The van der Waals surface area contributed by atoms with Crippen molar-refractivity contribution in [2.75, 3.05) is 12.0 Å². The average Bonchev–Trinajstić information content (AvgIpc) is 3.31. The minimum Gasteiger partial charge on any atom is -0.467 e. The molecule has 0 spiro atoms. The first kappa shape index (κ1) is 18.8. The molecule has 3 aliphatic heterocycles. The molecule has 0 aliphatic carbocycles. The maximum absolute atomic E-state index is 13.8. The van der Waals surface area contributed by atoms with E-state index in [0.29, 0.717) is 5.69 Å².